The van der Waals surface area contributed by atoms with Gasteiger partial charge in [0.25, 0.3) is 0 Å². The zero-order chi connectivity index (χ0) is 16.8. The van der Waals surface area contributed by atoms with Crippen molar-refractivity contribution in [2.24, 2.45) is 0 Å². The molecule has 0 saturated heterocycles. The number of rotatable bonds is 8. The van der Waals surface area contributed by atoms with Gasteiger partial charge in [-0.25, -0.2) is 4.98 Å². The van der Waals surface area contributed by atoms with Gasteiger partial charge in [-0.05, 0) is 29.1 Å². The fraction of sp³-hybridized carbons (Fsp3) is 0.294. The Bertz CT molecular complexity index is 806. The lowest BCUT2D eigenvalue weighted by molar-refractivity contribution is 0.210. The topological polar surface area (TPSA) is 68.3 Å². The summed E-state index contributed by atoms with van der Waals surface area (Å²) in [5, 5.41) is 8.61. The molecule has 0 unspecified atom stereocenters. The van der Waals surface area contributed by atoms with Crippen molar-refractivity contribution in [2.45, 2.75) is 6.54 Å². The second-order valence-corrected chi connectivity index (χ2v) is 6.07. The Morgan fingerprint density at radius 2 is 2.04 bits per heavy atom. The van der Waals surface area contributed by atoms with Gasteiger partial charge >= 0.3 is 0 Å². The summed E-state index contributed by atoms with van der Waals surface area (Å²) >= 11 is 1.63. The van der Waals surface area contributed by atoms with Crippen molar-refractivity contribution >= 4 is 33.3 Å². The van der Waals surface area contributed by atoms with Crippen LogP contribution in [0.5, 0.6) is 5.75 Å². The Morgan fingerprint density at radius 1 is 1.12 bits per heavy atom. The van der Waals surface area contributed by atoms with Gasteiger partial charge in [-0.2, -0.15) is 4.98 Å². The Balaban J connectivity index is 1.78. The van der Waals surface area contributed by atoms with Crippen molar-refractivity contribution in [3.63, 3.8) is 0 Å². The molecule has 3 rings (SSSR count). The van der Waals surface area contributed by atoms with Gasteiger partial charge in [0.1, 0.15) is 11.6 Å². The highest BCUT2D eigenvalue weighted by molar-refractivity contribution is 7.17. The molecule has 0 spiro atoms. The second-order valence-electron chi connectivity index (χ2n) is 5.16. The number of hydrogen-bond acceptors (Lipinski definition) is 7. The highest BCUT2D eigenvalue weighted by Crippen LogP contribution is 2.27. The van der Waals surface area contributed by atoms with Gasteiger partial charge in [-0.3, -0.25) is 0 Å². The molecule has 0 amide bonds. The average molecular weight is 344 g/mol. The highest BCUT2D eigenvalue weighted by Gasteiger charge is 2.09. The van der Waals surface area contributed by atoms with Crippen LogP contribution in [0.2, 0.25) is 0 Å². The lowest BCUT2D eigenvalue weighted by Crippen LogP contribution is -2.11. The van der Waals surface area contributed by atoms with Gasteiger partial charge in [-0.15, -0.1) is 11.3 Å². The number of fused-ring (bicyclic) bond motifs is 1. The molecule has 1 aromatic carbocycles. The summed E-state index contributed by atoms with van der Waals surface area (Å²) in [5.74, 6) is 2.28. The van der Waals surface area contributed by atoms with E-state index in [1.807, 2.05) is 29.6 Å². The summed E-state index contributed by atoms with van der Waals surface area (Å²) in [6.07, 6.45) is 0. The first-order chi connectivity index (χ1) is 11.8. The molecule has 0 aliphatic rings. The first-order valence-corrected chi connectivity index (χ1v) is 8.53. The van der Waals surface area contributed by atoms with Crippen LogP contribution in [0.25, 0.3) is 10.2 Å². The van der Waals surface area contributed by atoms with Gasteiger partial charge < -0.3 is 20.1 Å². The lowest BCUT2D eigenvalue weighted by Gasteiger charge is -2.10. The van der Waals surface area contributed by atoms with Crippen LogP contribution in [-0.2, 0) is 11.3 Å². The third-order valence-corrected chi connectivity index (χ3v) is 4.40. The number of methoxy groups -OCH3 is 2. The number of benzene rings is 1. The molecular formula is C17H20N4O2S. The first kappa shape index (κ1) is 16.5. The van der Waals surface area contributed by atoms with E-state index >= 15 is 0 Å². The standard InChI is InChI=1S/C17H20N4O2S/c1-22-8-7-18-17-20-14-6-9-24-15(14)16(21-17)19-11-12-4-3-5-13(10-12)23-2/h3-6,9-10H,7-8,11H2,1-2H3,(H2,18,19,20,21). The third-order valence-electron chi connectivity index (χ3n) is 3.49. The van der Waals surface area contributed by atoms with E-state index < -0.39 is 0 Å². The van der Waals surface area contributed by atoms with E-state index in [9.17, 15) is 0 Å². The molecule has 0 saturated carbocycles. The molecule has 126 valence electrons. The largest absolute Gasteiger partial charge is 0.497 e. The molecule has 0 aliphatic carbocycles. The quantitative estimate of drug-likeness (QED) is 0.611. The summed E-state index contributed by atoms with van der Waals surface area (Å²) in [4.78, 5) is 9.12. The molecule has 2 aromatic heterocycles. The SMILES string of the molecule is COCCNc1nc(NCc2cccc(OC)c2)c2sccc2n1. The van der Waals surface area contributed by atoms with Crippen LogP contribution in [0.3, 0.4) is 0 Å². The minimum Gasteiger partial charge on any atom is -0.497 e. The van der Waals surface area contributed by atoms with Crippen LogP contribution in [0.15, 0.2) is 35.7 Å². The maximum atomic E-state index is 5.27. The fourth-order valence-electron chi connectivity index (χ4n) is 2.30. The summed E-state index contributed by atoms with van der Waals surface area (Å²) in [6.45, 7) is 1.94. The predicted molar refractivity (Wildman–Crippen MR) is 98.1 cm³/mol. The minimum atomic E-state index is 0.603. The van der Waals surface area contributed by atoms with Crippen molar-refractivity contribution in [1.29, 1.82) is 0 Å². The molecule has 3 aromatic rings. The monoisotopic (exact) mass is 344 g/mol. The summed E-state index contributed by atoms with van der Waals surface area (Å²) in [7, 11) is 3.34. The number of nitrogens with one attached hydrogen (secondary N) is 2. The van der Waals surface area contributed by atoms with E-state index in [4.69, 9.17) is 9.47 Å². The number of nitrogens with zero attached hydrogens (tertiary/aromatic N) is 2. The molecule has 7 heteroatoms. The van der Waals surface area contributed by atoms with Crippen LogP contribution in [0.1, 0.15) is 5.56 Å². The molecular weight excluding hydrogens is 324 g/mol. The van der Waals surface area contributed by atoms with Crippen molar-refractivity contribution in [3.05, 3.63) is 41.3 Å². The Labute approximate surface area is 144 Å². The number of anilines is 2. The van der Waals surface area contributed by atoms with Gasteiger partial charge in [0, 0.05) is 20.2 Å². The summed E-state index contributed by atoms with van der Waals surface area (Å²) < 4.78 is 11.4. The molecule has 0 radical (unpaired) electrons. The van der Waals surface area contributed by atoms with Gasteiger partial charge in [0.2, 0.25) is 5.95 Å². The van der Waals surface area contributed by atoms with Crippen LogP contribution < -0.4 is 15.4 Å². The average Bonchev–Trinajstić information content (AvgIpc) is 3.09. The van der Waals surface area contributed by atoms with Crippen LogP contribution in [0.4, 0.5) is 11.8 Å². The predicted octanol–water partition coefficient (Wildman–Crippen LogP) is 3.37. The molecule has 6 nitrogen and oxygen atoms in total. The van der Waals surface area contributed by atoms with Gasteiger partial charge in [0.05, 0.1) is 23.9 Å². The van der Waals surface area contributed by atoms with E-state index in [2.05, 4.69) is 26.7 Å². The molecule has 0 atom stereocenters. The van der Waals surface area contributed by atoms with Crippen LogP contribution in [0, 0.1) is 0 Å². The second kappa shape index (κ2) is 7.94. The van der Waals surface area contributed by atoms with Crippen LogP contribution >= 0.6 is 11.3 Å². The molecule has 2 N–H and O–H groups in total. The number of hydrogen-bond donors (Lipinski definition) is 2. The molecule has 0 bridgehead atoms. The summed E-state index contributed by atoms with van der Waals surface area (Å²) in [6, 6.07) is 9.98. The third kappa shape index (κ3) is 3.93. The number of thiophene rings is 1. The number of aromatic nitrogens is 2. The Morgan fingerprint density at radius 3 is 2.88 bits per heavy atom. The zero-order valence-electron chi connectivity index (χ0n) is 13.7. The van der Waals surface area contributed by atoms with Gasteiger partial charge in [-0.1, -0.05) is 12.1 Å². The van der Waals surface area contributed by atoms with Crippen molar-refractivity contribution in [1.82, 2.24) is 9.97 Å². The molecule has 0 aliphatic heterocycles. The Hall–Kier alpha value is -2.38. The normalized spacial score (nSPS) is 10.8. The van der Waals surface area contributed by atoms with Crippen LogP contribution in [-0.4, -0.2) is 37.3 Å². The fourth-order valence-corrected chi connectivity index (χ4v) is 3.09. The van der Waals surface area contributed by atoms with E-state index in [0.717, 1.165) is 27.3 Å². The summed E-state index contributed by atoms with van der Waals surface area (Å²) in [5.41, 5.74) is 2.06. The lowest BCUT2D eigenvalue weighted by atomic mass is 10.2. The van der Waals surface area contributed by atoms with Crippen molar-refractivity contribution < 1.29 is 9.47 Å². The highest BCUT2D eigenvalue weighted by atomic mass is 32.1. The van der Waals surface area contributed by atoms with E-state index in [0.29, 0.717) is 25.6 Å². The van der Waals surface area contributed by atoms with E-state index in [1.165, 1.54) is 0 Å². The molecule has 0 fully saturated rings. The molecule has 24 heavy (non-hydrogen) atoms. The van der Waals surface area contributed by atoms with E-state index in [-0.39, 0.29) is 0 Å². The minimum absolute atomic E-state index is 0.603. The van der Waals surface area contributed by atoms with Crippen molar-refractivity contribution in [3.8, 4) is 5.75 Å². The number of ether oxygens (including phenoxy) is 2. The van der Waals surface area contributed by atoms with E-state index in [1.54, 1.807) is 25.6 Å². The van der Waals surface area contributed by atoms with Gasteiger partial charge in [0.15, 0.2) is 0 Å². The zero-order valence-corrected chi connectivity index (χ0v) is 14.5. The maximum absolute atomic E-state index is 5.27. The first-order valence-electron chi connectivity index (χ1n) is 7.65. The maximum Gasteiger partial charge on any atom is 0.225 e. The van der Waals surface area contributed by atoms with Crippen molar-refractivity contribution in [2.75, 3.05) is 38.0 Å². The smallest absolute Gasteiger partial charge is 0.225 e. The molecule has 2 heterocycles. The Kier molecular flexibility index (Phi) is 5.45.